The molecule has 25 heavy (non-hydrogen) atoms. The van der Waals surface area contributed by atoms with E-state index in [4.69, 9.17) is 0 Å². The molecule has 0 fully saturated rings. The maximum absolute atomic E-state index is 15.1. The number of hydrogen-bond acceptors (Lipinski definition) is 0. The highest BCUT2D eigenvalue weighted by Gasteiger charge is 2.54. The standard InChI is InChI=1S/C15H6BBr3F4N2/c17-12-3-1-10-14(8-5-7(20)6-9(21)15(8)19)11-2-4-13(18)25(11)16(22,23)24(10)12/h1-6H. The van der Waals surface area contributed by atoms with Crippen LogP contribution in [0.25, 0.3) is 5.57 Å². The molecule has 3 heterocycles. The Morgan fingerprint density at radius 2 is 1.72 bits per heavy atom. The SMILES string of the molecule is Fc1cc(F)c(Br)c(C2=C3C=CC(Br)=[N+]3[B-](F)(F)n3c(Br)ccc32)c1. The topological polar surface area (TPSA) is 7.94 Å². The van der Waals surface area contributed by atoms with Gasteiger partial charge in [-0.25, -0.2) is 8.78 Å². The van der Waals surface area contributed by atoms with Gasteiger partial charge in [0.1, 0.15) is 11.6 Å². The maximum Gasteiger partial charge on any atom is 0.738 e. The molecule has 0 aliphatic carbocycles. The van der Waals surface area contributed by atoms with E-state index in [1.54, 1.807) is 0 Å². The largest absolute Gasteiger partial charge is 0.738 e. The predicted octanol–water partition coefficient (Wildman–Crippen LogP) is 5.66. The lowest BCUT2D eigenvalue weighted by Crippen LogP contribution is -2.50. The first-order valence-electron chi connectivity index (χ1n) is 7.02. The second-order valence-corrected chi connectivity index (χ2v) is 7.95. The van der Waals surface area contributed by atoms with Gasteiger partial charge in [0.25, 0.3) is 0 Å². The molecule has 0 atom stereocenters. The van der Waals surface area contributed by atoms with Crippen molar-refractivity contribution in [2.24, 2.45) is 0 Å². The van der Waals surface area contributed by atoms with Crippen LogP contribution in [0.2, 0.25) is 0 Å². The molecular weight excluding hydrogens is 535 g/mol. The molecule has 1 aromatic heterocycles. The van der Waals surface area contributed by atoms with Crippen LogP contribution in [0.5, 0.6) is 0 Å². The van der Waals surface area contributed by atoms with Gasteiger partial charge in [-0.1, -0.05) is 0 Å². The van der Waals surface area contributed by atoms with Crippen LogP contribution in [0, 0.1) is 11.6 Å². The predicted molar refractivity (Wildman–Crippen MR) is 98.9 cm³/mol. The molecule has 0 spiro atoms. The highest BCUT2D eigenvalue weighted by molar-refractivity contribution is 9.18. The summed E-state index contributed by atoms with van der Waals surface area (Å²) in [6, 6.07) is 4.83. The van der Waals surface area contributed by atoms with Crippen LogP contribution in [0.15, 0.2) is 51.2 Å². The molecule has 2 aromatic rings. The summed E-state index contributed by atoms with van der Waals surface area (Å²) >= 11 is 9.38. The van der Waals surface area contributed by atoms with Gasteiger partial charge in [0.2, 0.25) is 4.62 Å². The summed E-state index contributed by atoms with van der Waals surface area (Å²) in [6.07, 6.45) is 2.98. The summed E-state index contributed by atoms with van der Waals surface area (Å²) in [6.45, 7) is -4.18. The van der Waals surface area contributed by atoms with Crippen molar-refractivity contribution in [3.63, 3.8) is 0 Å². The summed E-state index contributed by atoms with van der Waals surface area (Å²) < 4.78 is 60.0. The van der Waals surface area contributed by atoms with E-state index in [0.29, 0.717) is 5.57 Å². The zero-order chi connectivity index (χ0) is 18.1. The first-order chi connectivity index (χ1) is 11.7. The number of allylic oxidation sites excluding steroid dienone is 2. The minimum Gasteiger partial charge on any atom is -0.389 e. The maximum atomic E-state index is 15.1. The van der Waals surface area contributed by atoms with Gasteiger partial charge in [0.05, 0.1) is 14.6 Å². The average molecular weight is 541 g/mol. The fraction of sp³-hybridized carbons (Fsp3) is 0. The molecule has 0 unspecified atom stereocenters. The highest BCUT2D eigenvalue weighted by atomic mass is 79.9. The lowest BCUT2D eigenvalue weighted by Gasteiger charge is -2.32. The average Bonchev–Trinajstić information content (AvgIpc) is 3.09. The number of aromatic nitrogens is 1. The smallest absolute Gasteiger partial charge is 0.389 e. The molecule has 10 heteroatoms. The number of nitrogens with zero attached hydrogens (tertiary/aromatic N) is 2. The van der Waals surface area contributed by atoms with Crippen LogP contribution >= 0.6 is 47.8 Å². The summed E-state index contributed by atoms with van der Waals surface area (Å²) in [5.74, 6) is -1.60. The summed E-state index contributed by atoms with van der Waals surface area (Å²) in [7, 11) is 0. The highest BCUT2D eigenvalue weighted by Crippen LogP contribution is 2.44. The van der Waals surface area contributed by atoms with Gasteiger partial charge >= 0.3 is 6.97 Å². The Morgan fingerprint density at radius 1 is 1.00 bits per heavy atom. The minimum absolute atomic E-state index is 0.00867. The van der Waals surface area contributed by atoms with E-state index in [0.717, 1.165) is 21.1 Å². The van der Waals surface area contributed by atoms with Crippen LogP contribution in [0.3, 0.4) is 0 Å². The fourth-order valence-corrected chi connectivity index (χ4v) is 4.71. The molecule has 128 valence electrons. The van der Waals surface area contributed by atoms with Crippen molar-refractivity contribution >= 4 is 65.0 Å². The van der Waals surface area contributed by atoms with Gasteiger partial charge in [-0.3, -0.25) is 0 Å². The lowest BCUT2D eigenvalue weighted by atomic mass is 9.86. The van der Waals surface area contributed by atoms with E-state index in [9.17, 15) is 8.78 Å². The molecule has 0 bridgehead atoms. The third-order valence-corrected chi connectivity index (χ3v) is 6.23. The second-order valence-electron chi connectivity index (χ2n) is 5.54. The van der Waals surface area contributed by atoms with E-state index in [1.807, 2.05) is 0 Å². The van der Waals surface area contributed by atoms with E-state index in [-0.39, 0.29) is 30.7 Å². The molecule has 2 aliphatic rings. The Balaban J connectivity index is 2.15. The fourth-order valence-electron chi connectivity index (χ4n) is 3.15. The zero-order valence-electron chi connectivity index (χ0n) is 12.1. The zero-order valence-corrected chi connectivity index (χ0v) is 16.8. The first kappa shape index (κ1) is 17.3. The monoisotopic (exact) mass is 538 g/mol. The molecule has 0 N–H and O–H groups in total. The molecule has 0 saturated carbocycles. The van der Waals surface area contributed by atoms with Crippen LogP contribution in [0.1, 0.15) is 11.3 Å². The van der Waals surface area contributed by atoms with Crippen molar-refractivity contribution in [3.8, 4) is 0 Å². The summed E-state index contributed by atoms with van der Waals surface area (Å²) in [5.41, 5.74) is 0.790. The van der Waals surface area contributed by atoms with Gasteiger partial charge in [-0.05, 0) is 50.1 Å². The normalized spacial score (nSPS) is 18.0. The third kappa shape index (κ3) is 2.37. The molecule has 4 rings (SSSR count). The lowest BCUT2D eigenvalue weighted by molar-refractivity contribution is -0.358. The van der Waals surface area contributed by atoms with Crippen molar-refractivity contribution in [3.05, 3.63) is 74.1 Å². The minimum atomic E-state index is -4.18. The van der Waals surface area contributed by atoms with Crippen LogP contribution in [0.4, 0.5) is 17.4 Å². The quantitative estimate of drug-likeness (QED) is 0.251. The first-order valence-corrected chi connectivity index (χ1v) is 9.40. The Hall–Kier alpha value is -1.13. The Bertz CT molecular complexity index is 1040. The molecule has 2 aliphatic heterocycles. The number of rotatable bonds is 1. The van der Waals surface area contributed by atoms with Crippen molar-refractivity contribution in [2.45, 2.75) is 0 Å². The van der Waals surface area contributed by atoms with Crippen molar-refractivity contribution in [1.82, 2.24) is 4.48 Å². The molecule has 0 saturated heterocycles. The van der Waals surface area contributed by atoms with E-state index in [2.05, 4.69) is 47.8 Å². The van der Waals surface area contributed by atoms with Gasteiger partial charge < -0.3 is 17.6 Å². The molecule has 0 amide bonds. The van der Waals surface area contributed by atoms with Gasteiger partial charge in [-0.15, -0.1) is 0 Å². The molecule has 1 aromatic carbocycles. The van der Waals surface area contributed by atoms with Gasteiger partial charge in [-0.2, -0.15) is 0 Å². The van der Waals surface area contributed by atoms with Gasteiger partial charge in [0.15, 0.2) is 5.70 Å². The van der Waals surface area contributed by atoms with E-state index < -0.39 is 18.6 Å². The van der Waals surface area contributed by atoms with Crippen molar-refractivity contribution < 1.29 is 21.9 Å². The van der Waals surface area contributed by atoms with E-state index >= 15 is 8.63 Å². The number of halogens is 7. The van der Waals surface area contributed by atoms with Crippen molar-refractivity contribution in [2.75, 3.05) is 0 Å². The Kier molecular flexibility index (Phi) is 3.93. The number of benzene rings is 1. The van der Waals surface area contributed by atoms with Crippen LogP contribution < -0.4 is 0 Å². The van der Waals surface area contributed by atoms with Crippen molar-refractivity contribution in [1.29, 1.82) is 0 Å². The van der Waals surface area contributed by atoms with Gasteiger partial charge in [0, 0.05) is 45.4 Å². The van der Waals surface area contributed by atoms with Crippen LogP contribution in [-0.2, 0) is 0 Å². The summed E-state index contributed by atoms with van der Waals surface area (Å²) in [5, 5.41) is 0. The molecule has 0 radical (unpaired) electrons. The number of fused-ring (bicyclic) bond motifs is 2. The molecular formula is C15H6BBr3F4N2. The summed E-state index contributed by atoms with van der Waals surface area (Å²) in [4.78, 5) is 0. The second kappa shape index (κ2) is 5.69. The Morgan fingerprint density at radius 3 is 2.44 bits per heavy atom. The molecule has 2 nitrogen and oxygen atoms in total. The van der Waals surface area contributed by atoms with E-state index in [1.165, 1.54) is 24.3 Å². The van der Waals surface area contributed by atoms with Crippen LogP contribution in [-0.4, -0.2) is 20.6 Å². The third-order valence-electron chi connectivity index (χ3n) is 4.13. The number of hydrogen-bond donors (Lipinski definition) is 0. The Labute approximate surface area is 165 Å².